The first kappa shape index (κ1) is 34.7. The van der Waals surface area contributed by atoms with Crippen LogP contribution in [0, 0.1) is 11.8 Å². The Morgan fingerprint density at radius 1 is 0.712 bits per heavy atom. The van der Waals surface area contributed by atoms with Gasteiger partial charge in [-0.2, -0.15) is 0 Å². The van der Waals surface area contributed by atoms with Crippen molar-refractivity contribution >= 4 is 31.4 Å². The highest BCUT2D eigenvalue weighted by Gasteiger charge is 2.56. The first-order chi connectivity index (χ1) is 25.0. The summed E-state index contributed by atoms with van der Waals surface area (Å²) in [4.78, 5) is 29.8. The molecular formula is C34H39N8O9P. The van der Waals surface area contributed by atoms with E-state index in [9.17, 15) is 34.6 Å². The molecule has 4 heterocycles. The molecule has 274 valence electrons. The van der Waals surface area contributed by atoms with E-state index in [4.69, 9.17) is 9.05 Å². The van der Waals surface area contributed by atoms with Gasteiger partial charge >= 0.3 is 8.25 Å². The number of amides is 2. The van der Waals surface area contributed by atoms with E-state index in [1.165, 1.54) is 31.6 Å². The summed E-state index contributed by atoms with van der Waals surface area (Å²) in [5.41, 5.74) is -1.71. The van der Waals surface area contributed by atoms with E-state index in [1.54, 1.807) is 48.5 Å². The first-order valence-electron chi connectivity index (χ1n) is 17.3. The summed E-state index contributed by atoms with van der Waals surface area (Å²) in [6, 6.07) is 13.6. The lowest BCUT2D eigenvalue weighted by Crippen LogP contribution is -2.48. The predicted molar refractivity (Wildman–Crippen MR) is 181 cm³/mol. The molecule has 2 aliphatic heterocycles. The number of carbonyl (C=O) groups is 2. The van der Waals surface area contributed by atoms with E-state index in [0.29, 0.717) is 58.6 Å². The number of fused-ring (bicyclic) bond motifs is 2. The minimum Gasteiger partial charge on any atom is -0.389 e. The van der Waals surface area contributed by atoms with Gasteiger partial charge in [-0.15, -0.1) is 10.2 Å². The highest BCUT2D eigenvalue weighted by atomic mass is 31.1. The third-order valence-corrected chi connectivity index (χ3v) is 11.0. The monoisotopic (exact) mass is 734 g/mol. The molecule has 4 atom stereocenters. The van der Waals surface area contributed by atoms with E-state index < -0.39 is 43.5 Å². The van der Waals surface area contributed by atoms with Gasteiger partial charge in [0.05, 0.1) is 49.1 Å². The Hall–Kier alpha value is -4.35. The minimum absolute atomic E-state index is 0.0242. The van der Waals surface area contributed by atoms with Crippen molar-refractivity contribution < 1.29 is 43.6 Å². The number of para-hydroxylation sites is 2. The summed E-state index contributed by atoms with van der Waals surface area (Å²) in [6.07, 6.45) is 5.08. The van der Waals surface area contributed by atoms with Crippen LogP contribution in [0.2, 0.25) is 0 Å². The van der Waals surface area contributed by atoms with Crippen molar-refractivity contribution in [2.75, 3.05) is 9.80 Å². The van der Waals surface area contributed by atoms with E-state index in [2.05, 4.69) is 20.6 Å². The van der Waals surface area contributed by atoms with Gasteiger partial charge in [-0.25, -0.2) is 9.36 Å². The molecule has 2 amide bonds. The standard InChI is InChI=1S/C34H39N8O9P/c43-29(13-21-9-10-21)33(47)25-5-1-3-7-27(25)41(31(33)45)17-23-15-39(37-35-23)19-50-52(49)51-20-40-16-24(36-38-40)18-42-28-8-4-2-6-26(28)34(48,32(42)46)30(44)14-22-11-12-22/h1-8,15-16,21-22,29-30,43-44,47-48,52H,9-14,17-20H2. The SMILES string of the molecule is O=C1N(Cc2cn(CO[PH](=O)OCn3cc(CN4C(=O)C(O)(C(O)CC5CC5)c5ccccc54)nn3)nn2)c2ccccc2C1(O)C(O)CC1CC1. The van der Waals surface area contributed by atoms with Crippen LogP contribution in [-0.2, 0) is 61.0 Å². The molecule has 18 heteroatoms. The Kier molecular flexibility index (Phi) is 9.06. The van der Waals surface area contributed by atoms with Crippen molar-refractivity contribution in [3.8, 4) is 0 Å². The quantitative estimate of drug-likeness (QED) is 0.121. The summed E-state index contributed by atoms with van der Waals surface area (Å²) in [6.45, 7) is -0.588. The second-order valence-corrected chi connectivity index (χ2v) is 15.1. The Labute approximate surface area is 298 Å². The van der Waals surface area contributed by atoms with Crippen LogP contribution in [-0.4, -0.2) is 74.4 Å². The van der Waals surface area contributed by atoms with Crippen LogP contribution in [0.25, 0.3) is 0 Å². The zero-order chi connectivity index (χ0) is 36.2. The molecule has 0 radical (unpaired) electrons. The molecule has 52 heavy (non-hydrogen) atoms. The predicted octanol–water partition coefficient (Wildman–Crippen LogP) is 1.70. The lowest BCUT2D eigenvalue weighted by molar-refractivity contribution is -0.151. The van der Waals surface area contributed by atoms with Crippen molar-refractivity contribution in [3.05, 3.63) is 83.4 Å². The fraction of sp³-hybridized carbons (Fsp3) is 0.471. The fourth-order valence-electron chi connectivity index (χ4n) is 7.11. The number of benzene rings is 2. The van der Waals surface area contributed by atoms with Crippen LogP contribution in [0.5, 0.6) is 0 Å². The van der Waals surface area contributed by atoms with Crippen LogP contribution in [0.4, 0.5) is 11.4 Å². The van der Waals surface area contributed by atoms with Gasteiger partial charge in [0.2, 0.25) is 0 Å². The first-order valence-corrected chi connectivity index (χ1v) is 18.5. The Morgan fingerprint density at radius 3 is 1.52 bits per heavy atom. The molecule has 17 nitrogen and oxygen atoms in total. The van der Waals surface area contributed by atoms with Gasteiger partial charge in [-0.05, 0) is 36.8 Å². The smallest absolute Gasteiger partial charge is 0.322 e. The summed E-state index contributed by atoms with van der Waals surface area (Å²) in [7, 11) is -3.04. The molecule has 2 aromatic heterocycles. The number of anilines is 2. The summed E-state index contributed by atoms with van der Waals surface area (Å²) < 4.78 is 25.8. The van der Waals surface area contributed by atoms with Gasteiger partial charge in [-0.3, -0.25) is 23.2 Å². The summed E-state index contributed by atoms with van der Waals surface area (Å²) in [5.74, 6) is -0.679. The molecule has 2 aliphatic carbocycles. The summed E-state index contributed by atoms with van der Waals surface area (Å²) >= 11 is 0. The van der Waals surface area contributed by atoms with Crippen LogP contribution >= 0.6 is 8.25 Å². The van der Waals surface area contributed by atoms with Crippen molar-refractivity contribution in [1.29, 1.82) is 0 Å². The molecule has 4 aromatic rings. The van der Waals surface area contributed by atoms with Crippen molar-refractivity contribution in [3.63, 3.8) is 0 Å². The van der Waals surface area contributed by atoms with E-state index in [0.717, 1.165) is 25.7 Å². The number of rotatable bonds is 16. The maximum absolute atomic E-state index is 13.5. The third-order valence-electron chi connectivity index (χ3n) is 10.3. The number of aliphatic hydroxyl groups excluding tert-OH is 2. The van der Waals surface area contributed by atoms with Gasteiger partial charge < -0.3 is 30.2 Å². The van der Waals surface area contributed by atoms with Gasteiger partial charge in [0, 0.05) is 11.1 Å². The maximum Gasteiger partial charge on any atom is 0.322 e. The van der Waals surface area contributed by atoms with E-state index in [1.807, 2.05) is 0 Å². The normalized spacial score (nSPS) is 24.3. The topological polar surface area (TPSA) is 218 Å². The van der Waals surface area contributed by atoms with Crippen LogP contribution in [0.15, 0.2) is 60.9 Å². The number of aliphatic hydroxyl groups is 4. The Morgan fingerprint density at radius 2 is 1.12 bits per heavy atom. The molecule has 2 aromatic carbocycles. The Balaban J connectivity index is 0.841. The van der Waals surface area contributed by atoms with E-state index >= 15 is 0 Å². The molecular weight excluding hydrogens is 695 g/mol. The lowest BCUT2D eigenvalue weighted by Gasteiger charge is -2.28. The molecule has 0 bridgehead atoms. The number of hydrogen-bond acceptors (Lipinski definition) is 13. The van der Waals surface area contributed by atoms with Gasteiger partial charge in [-0.1, -0.05) is 72.5 Å². The maximum atomic E-state index is 13.5. The molecule has 0 spiro atoms. The largest absolute Gasteiger partial charge is 0.389 e. The van der Waals surface area contributed by atoms with Crippen LogP contribution in [0.1, 0.15) is 61.0 Å². The molecule has 4 aliphatic rings. The zero-order valence-corrected chi connectivity index (χ0v) is 29.1. The van der Waals surface area contributed by atoms with E-state index in [-0.39, 0.29) is 26.6 Å². The van der Waals surface area contributed by atoms with Crippen molar-refractivity contribution in [2.24, 2.45) is 11.8 Å². The molecule has 4 N–H and O–H groups in total. The molecule has 0 saturated heterocycles. The lowest BCUT2D eigenvalue weighted by atomic mass is 9.86. The van der Waals surface area contributed by atoms with Gasteiger partial charge in [0.1, 0.15) is 24.8 Å². The zero-order valence-electron chi connectivity index (χ0n) is 28.1. The van der Waals surface area contributed by atoms with Gasteiger partial charge in [0.25, 0.3) is 11.8 Å². The average molecular weight is 735 g/mol. The number of hydrogen-bond donors (Lipinski definition) is 4. The number of carbonyl (C=O) groups excluding carboxylic acids is 2. The second-order valence-electron chi connectivity index (χ2n) is 14.0. The second kappa shape index (κ2) is 13.6. The summed E-state index contributed by atoms with van der Waals surface area (Å²) in [5, 5.41) is 60.9. The van der Waals surface area contributed by atoms with Crippen LogP contribution < -0.4 is 9.80 Å². The third kappa shape index (κ3) is 6.36. The molecule has 8 rings (SSSR count). The molecule has 2 fully saturated rings. The Bertz CT molecular complexity index is 1880. The van der Waals surface area contributed by atoms with Gasteiger partial charge in [0.15, 0.2) is 11.2 Å². The molecule has 2 saturated carbocycles. The van der Waals surface area contributed by atoms with Crippen molar-refractivity contribution in [1.82, 2.24) is 30.0 Å². The minimum atomic E-state index is -3.04. The number of aromatic nitrogens is 6. The average Bonchev–Trinajstić information content (AvgIpc) is 4.02. The fourth-order valence-corrected chi connectivity index (χ4v) is 7.67. The number of nitrogens with zero attached hydrogens (tertiary/aromatic N) is 8. The highest BCUT2D eigenvalue weighted by molar-refractivity contribution is 7.33. The molecule has 4 unspecified atom stereocenters. The van der Waals surface area contributed by atoms with Crippen molar-refractivity contribution in [2.45, 2.75) is 88.5 Å². The highest BCUT2D eigenvalue weighted by Crippen LogP contribution is 2.48. The van der Waals surface area contributed by atoms with Crippen LogP contribution in [0.3, 0.4) is 0 Å².